The van der Waals surface area contributed by atoms with E-state index in [0.717, 1.165) is 28.7 Å². The highest BCUT2D eigenvalue weighted by Gasteiger charge is 2.23. The van der Waals surface area contributed by atoms with Crippen molar-refractivity contribution < 1.29 is 23.7 Å². The van der Waals surface area contributed by atoms with Crippen LogP contribution in [-0.2, 0) is 4.79 Å². The molecule has 0 atom stereocenters. The topological polar surface area (TPSA) is 54.0 Å². The number of rotatable bonds is 6. The molecule has 2 aromatic carbocycles. The molecule has 1 fully saturated rings. The Morgan fingerprint density at radius 2 is 1.00 bits per heavy atom. The van der Waals surface area contributed by atoms with E-state index in [1.807, 2.05) is 48.6 Å². The first-order valence-corrected chi connectivity index (χ1v) is 9.50. The zero-order valence-corrected chi connectivity index (χ0v) is 17.3. The lowest BCUT2D eigenvalue weighted by Gasteiger charge is -2.19. The summed E-state index contributed by atoms with van der Waals surface area (Å²) in [6, 6.07) is 11.2. The van der Waals surface area contributed by atoms with Gasteiger partial charge in [-0.2, -0.15) is 0 Å². The fraction of sp³-hybridized carbons (Fsp3) is 0.292. The molecule has 0 unspecified atom stereocenters. The molecule has 5 heteroatoms. The standard InChI is InChI=1S/C24H26O5/c1-26-20-10-6-11-21(27-2)18(20)14-16-8-5-9-17(24(16)25)15-19-22(28-3)12-7-13-23(19)29-4/h6-7,10-15H,5,8-9H2,1-4H3/b16-14+,17-15+. The zero-order valence-electron chi connectivity index (χ0n) is 17.3. The molecule has 0 radical (unpaired) electrons. The molecule has 1 aliphatic rings. The molecule has 0 aromatic heterocycles. The molecule has 1 saturated carbocycles. The molecule has 2 aromatic rings. The molecule has 5 nitrogen and oxygen atoms in total. The fourth-order valence-electron chi connectivity index (χ4n) is 3.57. The summed E-state index contributed by atoms with van der Waals surface area (Å²) < 4.78 is 21.9. The number of benzene rings is 2. The molecule has 0 saturated heterocycles. The summed E-state index contributed by atoms with van der Waals surface area (Å²) in [5.74, 6) is 2.72. The highest BCUT2D eigenvalue weighted by molar-refractivity contribution is 6.14. The molecule has 0 aliphatic heterocycles. The summed E-state index contributed by atoms with van der Waals surface area (Å²) in [7, 11) is 6.44. The first-order valence-electron chi connectivity index (χ1n) is 9.50. The third kappa shape index (κ3) is 4.29. The van der Waals surface area contributed by atoms with E-state index in [2.05, 4.69) is 0 Å². The van der Waals surface area contributed by atoms with Crippen molar-refractivity contribution in [1.82, 2.24) is 0 Å². The van der Waals surface area contributed by atoms with E-state index < -0.39 is 0 Å². The van der Waals surface area contributed by atoms with Crippen LogP contribution in [-0.4, -0.2) is 34.2 Å². The Bertz CT molecular complexity index is 836. The molecule has 0 heterocycles. The summed E-state index contributed by atoms with van der Waals surface area (Å²) in [5, 5.41) is 0. The molecule has 1 aliphatic carbocycles. The SMILES string of the molecule is COc1cccc(OC)c1/C=C1\CCC/C(=C\c2c(OC)cccc2OC)C1=O. The lowest BCUT2D eigenvalue weighted by atomic mass is 9.86. The molecule has 0 spiro atoms. The Morgan fingerprint density at radius 1 is 0.655 bits per heavy atom. The molecule has 0 amide bonds. The number of Topliss-reactive ketones (excluding diaryl/α,β-unsaturated/α-hetero) is 1. The largest absolute Gasteiger partial charge is 0.496 e. The Hall–Kier alpha value is -3.21. The number of allylic oxidation sites excluding steroid dienone is 2. The van der Waals surface area contributed by atoms with Crippen molar-refractivity contribution in [3.63, 3.8) is 0 Å². The van der Waals surface area contributed by atoms with E-state index in [0.29, 0.717) is 35.8 Å². The second-order valence-corrected chi connectivity index (χ2v) is 6.67. The minimum absolute atomic E-state index is 0.0252. The second kappa shape index (κ2) is 9.32. The van der Waals surface area contributed by atoms with Gasteiger partial charge in [-0.25, -0.2) is 0 Å². The van der Waals surface area contributed by atoms with Crippen molar-refractivity contribution in [3.8, 4) is 23.0 Å². The number of methoxy groups -OCH3 is 4. The number of ketones is 1. The van der Waals surface area contributed by atoms with Gasteiger partial charge in [-0.3, -0.25) is 4.79 Å². The smallest absolute Gasteiger partial charge is 0.185 e. The van der Waals surface area contributed by atoms with Gasteiger partial charge in [0.1, 0.15) is 23.0 Å². The lowest BCUT2D eigenvalue weighted by molar-refractivity contribution is -0.112. The van der Waals surface area contributed by atoms with Crippen molar-refractivity contribution >= 4 is 17.9 Å². The van der Waals surface area contributed by atoms with Crippen LogP contribution in [0.5, 0.6) is 23.0 Å². The van der Waals surface area contributed by atoms with Crippen LogP contribution in [0, 0.1) is 0 Å². The molecular weight excluding hydrogens is 368 g/mol. The van der Waals surface area contributed by atoms with Crippen molar-refractivity contribution in [2.24, 2.45) is 0 Å². The van der Waals surface area contributed by atoms with Crippen molar-refractivity contribution in [2.75, 3.05) is 28.4 Å². The van der Waals surface area contributed by atoms with Gasteiger partial charge in [-0.15, -0.1) is 0 Å². The van der Waals surface area contributed by atoms with Crippen molar-refractivity contribution in [2.45, 2.75) is 19.3 Å². The van der Waals surface area contributed by atoms with Crippen LogP contribution in [0.2, 0.25) is 0 Å². The van der Waals surface area contributed by atoms with Crippen molar-refractivity contribution in [3.05, 3.63) is 58.7 Å². The highest BCUT2D eigenvalue weighted by Crippen LogP contribution is 2.36. The third-order valence-electron chi connectivity index (χ3n) is 5.04. The first kappa shape index (κ1) is 20.5. The Kier molecular flexibility index (Phi) is 6.60. The molecule has 29 heavy (non-hydrogen) atoms. The van der Waals surface area contributed by atoms with Gasteiger partial charge in [0.05, 0.1) is 39.6 Å². The lowest BCUT2D eigenvalue weighted by Crippen LogP contribution is -2.12. The number of hydrogen-bond acceptors (Lipinski definition) is 5. The van der Waals surface area contributed by atoms with Crippen LogP contribution in [0.1, 0.15) is 30.4 Å². The minimum atomic E-state index is 0.0252. The van der Waals surface area contributed by atoms with Gasteiger partial charge in [0.2, 0.25) is 0 Å². The van der Waals surface area contributed by atoms with Crippen LogP contribution >= 0.6 is 0 Å². The van der Waals surface area contributed by atoms with Gasteiger partial charge < -0.3 is 18.9 Å². The average molecular weight is 394 g/mol. The maximum atomic E-state index is 13.2. The monoisotopic (exact) mass is 394 g/mol. The Morgan fingerprint density at radius 3 is 1.31 bits per heavy atom. The summed E-state index contributed by atoms with van der Waals surface area (Å²) in [6.45, 7) is 0. The molecule has 152 valence electrons. The Labute approximate surface area is 171 Å². The maximum Gasteiger partial charge on any atom is 0.185 e. The number of ether oxygens (including phenoxy) is 4. The zero-order chi connectivity index (χ0) is 20.8. The number of carbonyl (C=O) groups is 1. The summed E-state index contributed by atoms with van der Waals surface area (Å²) >= 11 is 0. The fourth-order valence-corrected chi connectivity index (χ4v) is 3.57. The van der Waals surface area contributed by atoms with Gasteiger partial charge in [0.25, 0.3) is 0 Å². The highest BCUT2D eigenvalue weighted by atomic mass is 16.5. The molecule has 0 bridgehead atoms. The second-order valence-electron chi connectivity index (χ2n) is 6.67. The van der Waals surface area contributed by atoms with Gasteiger partial charge >= 0.3 is 0 Å². The van der Waals surface area contributed by atoms with Gasteiger partial charge in [-0.1, -0.05) is 12.1 Å². The number of carbonyl (C=O) groups excluding carboxylic acids is 1. The van der Waals surface area contributed by atoms with E-state index >= 15 is 0 Å². The predicted molar refractivity (Wildman–Crippen MR) is 114 cm³/mol. The third-order valence-corrected chi connectivity index (χ3v) is 5.04. The summed E-state index contributed by atoms with van der Waals surface area (Å²) in [5.41, 5.74) is 3.02. The average Bonchev–Trinajstić information content (AvgIpc) is 2.76. The van der Waals surface area contributed by atoms with Crippen LogP contribution in [0.25, 0.3) is 12.2 Å². The van der Waals surface area contributed by atoms with Gasteiger partial charge in [-0.05, 0) is 55.7 Å². The van der Waals surface area contributed by atoms with Crippen LogP contribution in [0.15, 0.2) is 47.5 Å². The van der Waals surface area contributed by atoms with Crippen LogP contribution in [0.4, 0.5) is 0 Å². The molecule has 0 N–H and O–H groups in total. The normalized spacial score (nSPS) is 16.8. The van der Waals surface area contributed by atoms with Crippen molar-refractivity contribution in [1.29, 1.82) is 0 Å². The van der Waals surface area contributed by atoms with E-state index in [9.17, 15) is 4.79 Å². The first-order chi connectivity index (χ1) is 14.1. The van der Waals surface area contributed by atoms with E-state index in [1.54, 1.807) is 28.4 Å². The van der Waals surface area contributed by atoms with Crippen LogP contribution < -0.4 is 18.9 Å². The van der Waals surface area contributed by atoms with E-state index in [4.69, 9.17) is 18.9 Å². The van der Waals surface area contributed by atoms with Gasteiger partial charge in [0.15, 0.2) is 5.78 Å². The summed E-state index contributed by atoms with van der Waals surface area (Å²) in [4.78, 5) is 13.2. The Balaban J connectivity index is 2.03. The van der Waals surface area contributed by atoms with E-state index in [-0.39, 0.29) is 5.78 Å². The molecular formula is C24H26O5. The predicted octanol–water partition coefficient (Wildman–Crippen LogP) is 4.94. The van der Waals surface area contributed by atoms with Crippen LogP contribution in [0.3, 0.4) is 0 Å². The summed E-state index contributed by atoms with van der Waals surface area (Å²) in [6.07, 6.45) is 6.07. The molecule has 3 rings (SSSR count). The van der Waals surface area contributed by atoms with E-state index in [1.165, 1.54) is 0 Å². The minimum Gasteiger partial charge on any atom is -0.496 e. The quantitative estimate of drug-likeness (QED) is 0.650. The maximum absolute atomic E-state index is 13.2. The number of hydrogen-bond donors (Lipinski definition) is 0. The van der Waals surface area contributed by atoms with Gasteiger partial charge in [0, 0.05) is 11.1 Å².